The van der Waals surface area contributed by atoms with Crippen LogP contribution in [0.5, 0.6) is 0 Å². The third-order valence-corrected chi connectivity index (χ3v) is 5.58. The molecule has 3 rings (SSSR count). The summed E-state index contributed by atoms with van der Waals surface area (Å²) in [6, 6.07) is 2.62. The predicted octanol–water partition coefficient (Wildman–Crippen LogP) is 1.38. The van der Waals surface area contributed by atoms with Gasteiger partial charge in [0.15, 0.2) is 0 Å². The lowest BCUT2D eigenvalue weighted by atomic mass is 10.1. The average Bonchev–Trinajstić information content (AvgIpc) is 2.86. The van der Waals surface area contributed by atoms with Crippen LogP contribution < -0.4 is 0 Å². The van der Waals surface area contributed by atoms with Gasteiger partial charge in [0.05, 0.1) is 5.69 Å². The first-order chi connectivity index (χ1) is 10.1. The highest BCUT2D eigenvalue weighted by Gasteiger charge is 2.28. The molecule has 0 unspecified atom stereocenters. The van der Waals surface area contributed by atoms with Gasteiger partial charge in [0, 0.05) is 39.3 Å². The van der Waals surface area contributed by atoms with E-state index in [4.69, 9.17) is 0 Å². The minimum atomic E-state index is 0.122. The maximum atomic E-state index is 12.6. The molecule has 0 spiro atoms. The van der Waals surface area contributed by atoms with Gasteiger partial charge in [-0.2, -0.15) is 16.9 Å². The Balaban J connectivity index is 1.57. The Kier molecular flexibility index (Phi) is 4.54. The predicted molar refractivity (Wildman–Crippen MR) is 85.8 cm³/mol. The zero-order valence-corrected chi connectivity index (χ0v) is 13.7. The Morgan fingerprint density at radius 1 is 1.24 bits per heavy atom. The van der Waals surface area contributed by atoms with E-state index in [0.29, 0.717) is 5.69 Å². The normalized spacial score (nSPS) is 21.7. The molecule has 6 heteroatoms. The van der Waals surface area contributed by atoms with Crippen LogP contribution in [0.3, 0.4) is 0 Å². The molecule has 0 saturated carbocycles. The third kappa shape index (κ3) is 3.26. The highest BCUT2D eigenvalue weighted by atomic mass is 32.2. The van der Waals surface area contributed by atoms with Gasteiger partial charge >= 0.3 is 0 Å². The summed E-state index contributed by atoms with van der Waals surface area (Å²) >= 11 is 2.07. The number of hydrogen-bond acceptors (Lipinski definition) is 4. The van der Waals surface area contributed by atoms with E-state index in [1.165, 1.54) is 24.3 Å². The lowest BCUT2D eigenvalue weighted by Crippen LogP contribution is -2.52. The summed E-state index contributed by atoms with van der Waals surface area (Å²) in [6.45, 7) is 5.63. The number of thioether (sulfide) groups is 1. The summed E-state index contributed by atoms with van der Waals surface area (Å²) in [5.41, 5.74) is 1.61. The van der Waals surface area contributed by atoms with E-state index >= 15 is 0 Å². The Hall–Kier alpha value is -1.01. The summed E-state index contributed by atoms with van der Waals surface area (Å²) in [5, 5.41) is 4.27. The number of aryl methyl sites for hydroxylation is 2. The van der Waals surface area contributed by atoms with E-state index in [-0.39, 0.29) is 5.91 Å². The van der Waals surface area contributed by atoms with E-state index in [1.54, 1.807) is 4.68 Å². The van der Waals surface area contributed by atoms with Gasteiger partial charge in [-0.05, 0) is 37.3 Å². The molecule has 2 saturated heterocycles. The average molecular weight is 308 g/mol. The summed E-state index contributed by atoms with van der Waals surface area (Å²) in [4.78, 5) is 17.1. The molecule has 0 aliphatic carbocycles. The summed E-state index contributed by atoms with van der Waals surface area (Å²) in [7, 11) is 1.84. The highest BCUT2D eigenvalue weighted by Crippen LogP contribution is 2.23. The minimum absolute atomic E-state index is 0.122. The van der Waals surface area contributed by atoms with Crippen molar-refractivity contribution in [1.29, 1.82) is 0 Å². The van der Waals surface area contributed by atoms with Crippen molar-refractivity contribution in [2.75, 3.05) is 37.7 Å². The smallest absolute Gasteiger partial charge is 0.272 e. The first-order valence-electron chi connectivity index (χ1n) is 7.77. The minimum Gasteiger partial charge on any atom is -0.335 e. The molecule has 1 aromatic heterocycles. The number of nitrogens with zero attached hydrogens (tertiary/aromatic N) is 4. The first-order valence-corrected chi connectivity index (χ1v) is 8.92. The first kappa shape index (κ1) is 14.9. The van der Waals surface area contributed by atoms with Crippen LogP contribution in [-0.2, 0) is 7.05 Å². The number of carbonyl (C=O) groups excluding carboxylic acids is 1. The molecule has 0 bridgehead atoms. The highest BCUT2D eigenvalue weighted by molar-refractivity contribution is 7.99. The Labute approximate surface area is 130 Å². The molecule has 1 amide bonds. The number of hydrogen-bond donors (Lipinski definition) is 0. The maximum Gasteiger partial charge on any atom is 0.272 e. The van der Waals surface area contributed by atoms with Gasteiger partial charge < -0.3 is 4.90 Å². The number of piperazine rings is 1. The fourth-order valence-corrected chi connectivity index (χ4v) is 4.39. The van der Waals surface area contributed by atoms with Crippen LogP contribution in [0.4, 0.5) is 0 Å². The molecule has 0 radical (unpaired) electrons. The zero-order valence-electron chi connectivity index (χ0n) is 12.9. The van der Waals surface area contributed by atoms with Crippen LogP contribution in [0.2, 0.25) is 0 Å². The van der Waals surface area contributed by atoms with Crippen LogP contribution in [0.15, 0.2) is 6.07 Å². The molecular weight excluding hydrogens is 284 g/mol. The SMILES string of the molecule is Cc1cc(C(=O)N2CCN(C3CCSCC3)CC2)n(C)n1. The number of aromatic nitrogens is 2. The molecule has 2 aliphatic heterocycles. The van der Waals surface area contributed by atoms with Gasteiger partial charge in [-0.3, -0.25) is 14.4 Å². The molecule has 116 valence electrons. The van der Waals surface area contributed by atoms with Crippen molar-refractivity contribution in [2.45, 2.75) is 25.8 Å². The Bertz CT molecular complexity index is 502. The van der Waals surface area contributed by atoms with Crippen molar-refractivity contribution in [2.24, 2.45) is 7.05 Å². The standard InChI is InChI=1S/C15H24N4OS/c1-12-11-14(17(2)16-12)15(20)19-7-5-18(6-8-19)13-3-9-21-10-4-13/h11,13H,3-10H2,1-2H3. The molecule has 0 N–H and O–H groups in total. The second kappa shape index (κ2) is 6.40. The lowest BCUT2D eigenvalue weighted by Gasteiger charge is -2.40. The molecule has 0 aromatic carbocycles. The number of carbonyl (C=O) groups is 1. The van der Waals surface area contributed by atoms with Crippen molar-refractivity contribution in [1.82, 2.24) is 19.6 Å². The van der Waals surface area contributed by atoms with Crippen LogP contribution in [0.1, 0.15) is 29.0 Å². The summed E-state index contributed by atoms with van der Waals surface area (Å²) in [6.07, 6.45) is 2.61. The molecule has 1 aromatic rings. The van der Waals surface area contributed by atoms with Crippen molar-refractivity contribution in [3.05, 3.63) is 17.5 Å². The fourth-order valence-electron chi connectivity index (χ4n) is 3.31. The van der Waals surface area contributed by atoms with Crippen LogP contribution in [0, 0.1) is 6.92 Å². The van der Waals surface area contributed by atoms with Gasteiger partial charge in [-0.25, -0.2) is 0 Å². The zero-order chi connectivity index (χ0) is 14.8. The van der Waals surface area contributed by atoms with E-state index in [0.717, 1.165) is 37.9 Å². The lowest BCUT2D eigenvalue weighted by molar-refractivity contribution is 0.0549. The van der Waals surface area contributed by atoms with Crippen molar-refractivity contribution >= 4 is 17.7 Å². The summed E-state index contributed by atoms with van der Waals surface area (Å²) in [5.74, 6) is 2.70. The van der Waals surface area contributed by atoms with Gasteiger partial charge in [0.1, 0.15) is 5.69 Å². The van der Waals surface area contributed by atoms with Gasteiger partial charge in [0.2, 0.25) is 0 Å². The Morgan fingerprint density at radius 3 is 2.48 bits per heavy atom. The van der Waals surface area contributed by atoms with E-state index in [1.807, 2.05) is 24.9 Å². The molecular formula is C15H24N4OS. The topological polar surface area (TPSA) is 41.4 Å². The van der Waals surface area contributed by atoms with Gasteiger partial charge in [-0.1, -0.05) is 0 Å². The van der Waals surface area contributed by atoms with Gasteiger partial charge in [-0.15, -0.1) is 0 Å². The van der Waals surface area contributed by atoms with Crippen molar-refractivity contribution < 1.29 is 4.79 Å². The van der Waals surface area contributed by atoms with Crippen LogP contribution >= 0.6 is 11.8 Å². The molecule has 3 heterocycles. The molecule has 2 fully saturated rings. The van der Waals surface area contributed by atoms with Crippen LogP contribution in [0.25, 0.3) is 0 Å². The second-order valence-electron chi connectivity index (χ2n) is 5.97. The largest absolute Gasteiger partial charge is 0.335 e. The fraction of sp³-hybridized carbons (Fsp3) is 0.733. The number of rotatable bonds is 2. The van der Waals surface area contributed by atoms with Crippen LogP contribution in [-0.4, -0.2) is 69.2 Å². The van der Waals surface area contributed by atoms with Crippen molar-refractivity contribution in [3.63, 3.8) is 0 Å². The van der Waals surface area contributed by atoms with Crippen molar-refractivity contribution in [3.8, 4) is 0 Å². The molecule has 2 aliphatic rings. The molecule has 5 nitrogen and oxygen atoms in total. The Morgan fingerprint density at radius 2 is 1.90 bits per heavy atom. The van der Waals surface area contributed by atoms with Gasteiger partial charge in [0.25, 0.3) is 5.91 Å². The second-order valence-corrected chi connectivity index (χ2v) is 7.19. The monoisotopic (exact) mass is 308 g/mol. The van der Waals surface area contributed by atoms with E-state index in [2.05, 4.69) is 21.8 Å². The molecule has 21 heavy (non-hydrogen) atoms. The number of amides is 1. The molecule has 0 atom stereocenters. The maximum absolute atomic E-state index is 12.6. The quantitative estimate of drug-likeness (QED) is 0.828. The summed E-state index contributed by atoms with van der Waals surface area (Å²) < 4.78 is 1.70. The third-order valence-electron chi connectivity index (χ3n) is 4.53. The van der Waals surface area contributed by atoms with E-state index in [9.17, 15) is 4.79 Å². The van der Waals surface area contributed by atoms with E-state index < -0.39 is 0 Å².